The number of thioether (sulfide) groups is 1. The van der Waals surface area contributed by atoms with Crippen LogP contribution in [0, 0.1) is 5.82 Å². The molecule has 2 aromatic rings. The van der Waals surface area contributed by atoms with Gasteiger partial charge in [-0.05, 0) is 48.5 Å². The number of hydrogen-bond acceptors (Lipinski definition) is 5. The highest BCUT2D eigenvalue weighted by molar-refractivity contribution is 8.00. The maximum Gasteiger partial charge on any atom is 0.261 e. The van der Waals surface area contributed by atoms with Crippen molar-refractivity contribution in [3.05, 3.63) is 54.3 Å². The number of halogens is 1. The molecule has 2 amide bonds. The number of nitrogens with one attached hydrogen (secondary N) is 2. The number of benzene rings is 2. The van der Waals surface area contributed by atoms with E-state index in [1.54, 1.807) is 12.1 Å². The number of rotatable bonds is 6. The molecule has 0 unspecified atom stereocenters. The minimum absolute atomic E-state index is 0.0230. The van der Waals surface area contributed by atoms with Crippen molar-refractivity contribution in [1.82, 2.24) is 4.90 Å². The summed E-state index contributed by atoms with van der Waals surface area (Å²) in [6, 6.07) is 10.5. The van der Waals surface area contributed by atoms with Crippen LogP contribution in [-0.2, 0) is 19.6 Å². The number of sulfonamides is 1. The van der Waals surface area contributed by atoms with Crippen molar-refractivity contribution in [3.63, 3.8) is 0 Å². The smallest absolute Gasteiger partial charge is 0.261 e. The van der Waals surface area contributed by atoms with Crippen LogP contribution in [0.2, 0.25) is 0 Å². The highest BCUT2D eigenvalue weighted by atomic mass is 32.2. The molecule has 27 heavy (non-hydrogen) atoms. The molecule has 142 valence electrons. The van der Waals surface area contributed by atoms with E-state index in [0.717, 1.165) is 12.1 Å². The predicted molar refractivity (Wildman–Crippen MR) is 101 cm³/mol. The molecule has 1 aliphatic heterocycles. The third-order valence-electron chi connectivity index (χ3n) is 3.70. The van der Waals surface area contributed by atoms with Gasteiger partial charge >= 0.3 is 0 Å². The summed E-state index contributed by atoms with van der Waals surface area (Å²) in [6.45, 7) is -0.0230. The van der Waals surface area contributed by atoms with Crippen molar-refractivity contribution < 1.29 is 22.4 Å². The molecule has 0 aromatic heterocycles. The first-order valence-electron chi connectivity index (χ1n) is 7.87. The second-order valence-electron chi connectivity index (χ2n) is 5.75. The summed E-state index contributed by atoms with van der Waals surface area (Å²) in [5.74, 6) is -0.0403. The fraction of sp³-hybridized carbons (Fsp3) is 0.176. The summed E-state index contributed by atoms with van der Waals surface area (Å²) >= 11 is 1.46. The van der Waals surface area contributed by atoms with Gasteiger partial charge in [0.25, 0.3) is 10.0 Å². The number of anilines is 2. The van der Waals surface area contributed by atoms with E-state index in [1.165, 1.54) is 40.9 Å². The van der Waals surface area contributed by atoms with Crippen LogP contribution < -0.4 is 10.0 Å². The summed E-state index contributed by atoms with van der Waals surface area (Å²) in [7, 11) is -3.84. The molecule has 0 spiro atoms. The van der Waals surface area contributed by atoms with Crippen LogP contribution in [0.15, 0.2) is 53.4 Å². The van der Waals surface area contributed by atoms with Gasteiger partial charge in [-0.3, -0.25) is 14.3 Å². The lowest BCUT2D eigenvalue weighted by Crippen LogP contribution is -2.34. The van der Waals surface area contributed by atoms with Crippen molar-refractivity contribution >= 4 is 45.0 Å². The van der Waals surface area contributed by atoms with Gasteiger partial charge in [0, 0.05) is 11.4 Å². The zero-order valence-corrected chi connectivity index (χ0v) is 15.6. The highest BCUT2D eigenvalue weighted by Crippen LogP contribution is 2.19. The Hall–Kier alpha value is -2.59. The topological polar surface area (TPSA) is 95.6 Å². The first-order chi connectivity index (χ1) is 12.8. The molecule has 7 nitrogen and oxygen atoms in total. The maximum atomic E-state index is 12.9. The Balaban J connectivity index is 1.60. The third kappa shape index (κ3) is 4.98. The average Bonchev–Trinajstić information content (AvgIpc) is 3.01. The molecular weight excluding hydrogens is 393 g/mol. The molecule has 0 radical (unpaired) electrons. The summed E-state index contributed by atoms with van der Waals surface area (Å²) in [6.07, 6.45) is 0. The van der Waals surface area contributed by atoms with Gasteiger partial charge in [0.1, 0.15) is 12.4 Å². The molecule has 1 aliphatic rings. The Labute approximate surface area is 160 Å². The van der Waals surface area contributed by atoms with E-state index in [-0.39, 0.29) is 23.3 Å². The van der Waals surface area contributed by atoms with E-state index < -0.39 is 15.8 Å². The third-order valence-corrected chi connectivity index (χ3v) is 6.05. The van der Waals surface area contributed by atoms with E-state index in [4.69, 9.17) is 0 Å². The zero-order valence-electron chi connectivity index (χ0n) is 14.0. The molecule has 1 saturated heterocycles. The van der Waals surface area contributed by atoms with Gasteiger partial charge < -0.3 is 10.2 Å². The summed E-state index contributed by atoms with van der Waals surface area (Å²) in [5, 5.41) is 2.66. The van der Waals surface area contributed by atoms with Gasteiger partial charge in [-0.2, -0.15) is 0 Å². The van der Waals surface area contributed by atoms with Crippen molar-refractivity contribution in [2.45, 2.75) is 4.90 Å². The van der Waals surface area contributed by atoms with E-state index in [9.17, 15) is 22.4 Å². The van der Waals surface area contributed by atoms with Gasteiger partial charge in [0.05, 0.1) is 16.5 Å². The Bertz CT molecular complexity index is 947. The number of hydrogen-bond donors (Lipinski definition) is 2. The lowest BCUT2D eigenvalue weighted by atomic mass is 10.3. The fourth-order valence-electron chi connectivity index (χ4n) is 2.36. The van der Waals surface area contributed by atoms with Crippen LogP contribution in [0.4, 0.5) is 15.8 Å². The molecule has 0 atom stereocenters. The number of nitrogens with zero attached hydrogens (tertiary/aromatic N) is 1. The number of carbonyl (C=O) groups excluding carboxylic acids is 2. The van der Waals surface area contributed by atoms with E-state index >= 15 is 0 Å². The van der Waals surface area contributed by atoms with E-state index in [2.05, 4.69) is 10.0 Å². The minimum Gasteiger partial charge on any atom is -0.325 e. The molecule has 1 fully saturated rings. The van der Waals surface area contributed by atoms with Crippen LogP contribution in [0.3, 0.4) is 0 Å². The lowest BCUT2D eigenvalue weighted by molar-refractivity contribution is -0.130. The van der Waals surface area contributed by atoms with Crippen LogP contribution in [0.5, 0.6) is 0 Å². The Kier molecular flexibility index (Phi) is 5.66. The first-order valence-corrected chi connectivity index (χ1v) is 10.5. The average molecular weight is 409 g/mol. The second-order valence-corrected chi connectivity index (χ2v) is 8.39. The normalized spacial score (nSPS) is 14.3. The number of carbonyl (C=O) groups is 2. The second kappa shape index (κ2) is 7.97. The summed E-state index contributed by atoms with van der Waals surface area (Å²) in [4.78, 5) is 24.9. The van der Waals surface area contributed by atoms with Crippen molar-refractivity contribution in [2.24, 2.45) is 0 Å². The van der Waals surface area contributed by atoms with Gasteiger partial charge in [-0.25, -0.2) is 12.8 Å². The van der Waals surface area contributed by atoms with Crippen molar-refractivity contribution in [2.75, 3.05) is 28.2 Å². The number of amides is 2. The van der Waals surface area contributed by atoms with Crippen LogP contribution in [0.25, 0.3) is 0 Å². The molecule has 3 rings (SSSR count). The minimum atomic E-state index is -3.84. The zero-order chi connectivity index (χ0) is 19.4. The van der Waals surface area contributed by atoms with Crippen LogP contribution in [0.1, 0.15) is 0 Å². The maximum absolute atomic E-state index is 12.9. The highest BCUT2D eigenvalue weighted by Gasteiger charge is 2.22. The van der Waals surface area contributed by atoms with Crippen molar-refractivity contribution in [3.8, 4) is 0 Å². The lowest BCUT2D eigenvalue weighted by Gasteiger charge is -2.14. The van der Waals surface area contributed by atoms with Gasteiger partial charge in [-0.15, -0.1) is 11.8 Å². The summed E-state index contributed by atoms with van der Waals surface area (Å²) in [5.41, 5.74) is 0.771. The molecule has 0 saturated carbocycles. The molecule has 0 aliphatic carbocycles. The molecule has 10 heteroatoms. The quantitative estimate of drug-likeness (QED) is 0.762. The Morgan fingerprint density at radius 3 is 2.30 bits per heavy atom. The van der Waals surface area contributed by atoms with E-state index in [0.29, 0.717) is 23.0 Å². The van der Waals surface area contributed by atoms with Crippen molar-refractivity contribution in [1.29, 1.82) is 0 Å². The van der Waals surface area contributed by atoms with Gasteiger partial charge in [-0.1, -0.05) is 0 Å². The first kappa shape index (κ1) is 19.2. The molecule has 2 N–H and O–H groups in total. The molecular formula is C17H16FN3O4S2. The molecule has 1 heterocycles. The standard InChI is InChI=1S/C17H16FN3O4S2/c18-12-1-7-15(8-2-12)27(24,25)20-14-5-3-13(4-6-14)19-16(22)9-21-11-26-10-17(21)23/h1-8,20H,9-11H2,(H,19,22). The Morgan fingerprint density at radius 1 is 1.07 bits per heavy atom. The van der Waals surface area contributed by atoms with Gasteiger partial charge in [0.15, 0.2) is 0 Å². The van der Waals surface area contributed by atoms with Crippen LogP contribution >= 0.6 is 11.8 Å². The molecule has 2 aromatic carbocycles. The largest absolute Gasteiger partial charge is 0.325 e. The SMILES string of the molecule is O=C(CN1CSCC1=O)Nc1ccc(NS(=O)(=O)c2ccc(F)cc2)cc1. The predicted octanol–water partition coefficient (Wildman–Crippen LogP) is 2.10. The Morgan fingerprint density at radius 2 is 1.70 bits per heavy atom. The van der Waals surface area contributed by atoms with E-state index in [1.807, 2.05) is 0 Å². The van der Waals surface area contributed by atoms with Gasteiger partial charge in [0.2, 0.25) is 11.8 Å². The summed E-state index contributed by atoms with van der Waals surface area (Å²) < 4.78 is 39.8. The van der Waals surface area contributed by atoms with Crippen LogP contribution in [-0.4, -0.2) is 43.3 Å². The monoisotopic (exact) mass is 409 g/mol. The molecule has 0 bridgehead atoms. The fourth-order valence-corrected chi connectivity index (χ4v) is 4.33.